The second kappa shape index (κ2) is 6.54. The quantitative estimate of drug-likeness (QED) is 0.801. The Balaban J connectivity index is 2.15. The smallest absolute Gasteiger partial charge is 0.328 e. The van der Waals surface area contributed by atoms with Gasteiger partial charge in [0, 0.05) is 19.3 Å². The van der Waals surface area contributed by atoms with Crippen molar-refractivity contribution in [3.63, 3.8) is 0 Å². The molecule has 1 aromatic rings. The number of aromatic nitrogens is 2. The third-order valence-corrected chi connectivity index (χ3v) is 3.85. The van der Waals surface area contributed by atoms with E-state index in [0.717, 1.165) is 23.4 Å². The lowest BCUT2D eigenvalue weighted by atomic mass is 9.94. The van der Waals surface area contributed by atoms with E-state index in [0.29, 0.717) is 6.42 Å². The van der Waals surface area contributed by atoms with Crippen LogP contribution >= 0.6 is 0 Å². The maximum Gasteiger partial charge on any atom is 0.406 e. The van der Waals surface area contributed by atoms with Crippen LogP contribution in [0.15, 0.2) is 18.2 Å². The Morgan fingerprint density at radius 3 is 2.68 bits per heavy atom. The maximum atomic E-state index is 12.8. The predicted molar refractivity (Wildman–Crippen MR) is 76.4 cm³/mol. The van der Waals surface area contributed by atoms with E-state index in [2.05, 4.69) is 5.10 Å². The van der Waals surface area contributed by atoms with Crippen molar-refractivity contribution in [1.82, 2.24) is 14.7 Å². The van der Waals surface area contributed by atoms with Crippen molar-refractivity contribution >= 4 is 5.91 Å². The molecule has 1 heterocycles. The molecule has 0 fully saturated rings. The number of amides is 1. The first kappa shape index (κ1) is 16.6. The first-order chi connectivity index (χ1) is 10.3. The molecule has 122 valence electrons. The van der Waals surface area contributed by atoms with E-state index in [4.69, 9.17) is 0 Å². The molecule has 0 saturated heterocycles. The standard InChI is InChI=1S/C15H20F3N3O/c1-11-8-13(19-20(11)2)14(22)21(10-15(16,17)18)9-12-6-4-3-5-7-12/h3-4,8,12H,5-7,9-10H2,1-2H3/t12-/m1/s1. The third kappa shape index (κ3) is 4.35. The number of allylic oxidation sites excluding steroid dienone is 2. The van der Waals surface area contributed by atoms with Gasteiger partial charge in [0.15, 0.2) is 5.69 Å². The molecule has 0 unspecified atom stereocenters. The molecule has 1 aromatic heterocycles. The largest absolute Gasteiger partial charge is 0.406 e. The predicted octanol–water partition coefficient (Wildman–Crippen LogP) is 3.09. The monoisotopic (exact) mass is 315 g/mol. The van der Waals surface area contributed by atoms with Crippen molar-refractivity contribution in [1.29, 1.82) is 0 Å². The van der Waals surface area contributed by atoms with Gasteiger partial charge in [-0.2, -0.15) is 18.3 Å². The van der Waals surface area contributed by atoms with Gasteiger partial charge in [-0.1, -0.05) is 12.2 Å². The fourth-order valence-electron chi connectivity index (χ4n) is 2.60. The van der Waals surface area contributed by atoms with Gasteiger partial charge < -0.3 is 4.90 Å². The zero-order valence-electron chi connectivity index (χ0n) is 12.7. The lowest BCUT2D eigenvalue weighted by Crippen LogP contribution is -2.42. The van der Waals surface area contributed by atoms with Gasteiger partial charge in [-0.05, 0) is 38.2 Å². The van der Waals surface area contributed by atoms with Crippen molar-refractivity contribution in [2.75, 3.05) is 13.1 Å². The normalized spacial score (nSPS) is 18.5. The maximum absolute atomic E-state index is 12.8. The molecular weight excluding hydrogens is 295 g/mol. The molecule has 2 rings (SSSR count). The second-order valence-corrected chi connectivity index (χ2v) is 5.75. The molecule has 1 atom stereocenters. The molecule has 0 spiro atoms. The van der Waals surface area contributed by atoms with Gasteiger partial charge in [0.2, 0.25) is 0 Å². The van der Waals surface area contributed by atoms with Gasteiger partial charge in [-0.3, -0.25) is 9.48 Å². The fraction of sp³-hybridized carbons (Fsp3) is 0.600. The number of rotatable bonds is 4. The minimum Gasteiger partial charge on any atom is -0.328 e. The van der Waals surface area contributed by atoms with E-state index < -0.39 is 18.6 Å². The lowest BCUT2D eigenvalue weighted by Gasteiger charge is -2.28. The molecule has 7 heteroatoms. The number of hydrogen-bond donors (Lipinski definition) is 0. The third-order valence-electron chi connectivity index (χ3n) is 3.85. The molecule has 0 N–H and O–H groups in total. The second-order valence-electron chi connectivity index (χ2n) is 5.75. The summed E-state index contributed by atoms with van der Waals surface area (Å²) in [6.07, 6.45) is 1.94. The van der Waals surface area contributed by atoms with Crippen LogP contribution in [0.2, 0.25) is 0 Å². The van der Waals surface area contributed by atoms with Crippen LogP contribution in [0.25, 0.3) is 0 Å². The highest BCUT2D eigenvalue weighted by Crippen LogP contribution is 2.23. The topological polar surface area (TPSA) is 38.1 Å². The highest BCUT2D eigenvalue weighted by Gasteiger charge is 2.35. The summed E-state index contributed by atoms with van der Waals surface area (Å²) in [5, 5.41) is 4.00. The van der Waals surface area contributed by atoms with Crippen LogP contribution in [-0.2, 0) is 7.05 Å². The van der Waals surface area contributed by atoms with E-state index in [1.54, 1.807) is 14.0 Å². The Bertz CT molecular complexity index is 543. The minimum atomic E-state index is -4.41. The molecule has 1 amide bonds. The number of carbonyl (C=O) groups is 1. The van der Waals surface area contributed by atoms with Crippen LogP contribution < -0.4 is 0 Å². The highest BCUT2D eigenvalue weighted by molar-refractivity contribution is 5.92. The summed E-state index contributed by atoms with van der Waals surface area (Å²) in [7, 11) is 1.66. The Kier molecular flexibility index (Phi) is 4.93. The number of aryl methyl sites for hydroxylation is 2. The first-order valence-corrected chi connectivity index (χ1v) is 7.28. The van der Waals surface area contributed by atoms with Crippen LogP contribution in [0, 0.1) is 12.8 Å². The summed E-state index contributed by atoms with van der Waals surface area (Å²) >= 11 is 0. The van der Waals surface area contributed by atoms with E-state index in [1.807, 2.05) is 12.2 Å². The molecule has 22 heavy (non-hydrogen) atoms. The van der Waals surface area contributed by atoms with Crippen LogP contribution in [0.5, 0.6) is 0 Å². The Hall–Kier alpha value is -1.79. The number of carbonyl (C=O) groups excluding carboxylic acids is 1. The number of nitrogens with zero attached hydrogens (tertiary/aromatic N) is 3. The molecular formula is C15H20F3N3O. The summed E-state index contributed by atoms with van der Waals surface area (Å²) in [5.74, 6) is -0.586. The number of alkyl halides is 3. The van der Waals surface area contributed by atoms with Crippen LogP contribution in [0.1, 0.15) is 35.4 Å². The summed E-state index contributed by atoms with van der Waals surface area (Å²) < 4.78 is 39.8. The summed E-state index contributed by atoms with van der Waals surface area (Å²) in [5.41, 5.74) is 0.798. The first-order valence-electron chi connectivity index (χ1n) is 7.28. The van der Waals surface area contributed by atoms with Gasteiger partial charge in [0.1, 0.15) is 6.54 Å². The van der Waals surface area contributed by atoms with Gasteiger partial charge in [-0.15, -0.1) is 0 Å². The zero-order chi connectivity index (χ0) is 16.3. The van der Waals surface area contributed by atoms with Gasteiger partial charge in [0.05, 0.1) is 0 Å². The van der Waals surface area contributed by atoms with Gasteiger partial charge in [-0.25, -0.2) is 0 Å². The molecule has 0 bridgehead atoms. The molecule has 4 nitrogen and oxygen atoms in total. The minimum absolute atomic E-state index is 0.0654. The van der Waals surface area contributed by atoms with Crippen LogP contribution in [0.3, 0.4) is 0 Å². The zero-order valence-corrected chi connectivity index (χ0v) is 12.7. The SMILES string of the molecule is Cc1cc(C(=O)N(C[C@@H]2CC=CCC2)CC(F)(F)F)nn1C. The van der Waals surface area contributed by atoms with Crippen molar-refractivity contribution in [3.05, 3.63) is 29.6 Å². The van der Waals surface area contributed by atoms with Crippen LogP contribution in [-0.4, -0.2) is 39.9 Å². The van der Waals surface area contributed by atoms with Crippen molar-refractivity contribution in [3.8, 4) is 0 Å². The lowest BCUT2D eigenvalue weighted by molar-refractivity contribution is -0.141. The Labute approximate surface area is 127 Å². The van der Waals surface area contributed by atoms with Crippen molar-refractivity contribution in [2.45, 2.75) is 32.4 Å². The molecule has 1 aliphatic rings. The molecule has 0 aliphatic heterocycles. The summed E-state index contributed by atoms with van der Waals surface area (Å²) in [6, 6.07) is 1.52. The average Bonchev–Trinajstić information content (AvgIpc) is 2.77. The number of halogens is 3. The van der Waals surface area contributed by atoms with Gasteiger partial charge in [0.25, 0.3) is 5.91 Å². The van der Waals surface area contributed by atoms with E-state index in [1.165, 1.54) is 10.7 Å². The summed E-state index contributed by atoms with van der Waals surface area (Å²) in [4.78, 5) is 13.3. The van der Waals surface area contributed by atoms with Crippen LogP contribution in [0.4, 0.5) is 13.2 Å². The van der Waals surface area contributed by atoms with E-state index in [9.17, 15) is 18.0 Å². The van der Waals surface area contributed by atoms with Gasteiger partial charge >= 0.3 is 6.18 Å². The summed E-state index contributed by atoms with van der Waals surface area (Å²) in [6.45, 7) is 0.629. The average molecular weight is 315 g/mol. The number of hydrogen-bond acceptors (Lipinski definition) is 2. The fourth-order valence-corrected chi connectivity index (χ4v) is 2.60. The Morgan fingerprint density at radius 1 is 1.45 bits per heavy atom. The highest BCUT2D eigenvalue weighted by atomic mass is 19.4. The Morgan fingerprint density at radius 2 is 2.18 bits per heavy atom. The van der Waals surface area contributed by atoms with E-state index >= 15 is 0 Å². The molecule has 0 aromatic carbocycles. The molecule has 0 saturated carbocycles. The van der Waals surface area contributed by atoms with Crippen molar-refractivity contribution in [2.24, 2.45) is 13.0 Å². The van der Waals surface area contributed by atoms with E-state index in [-0.39, 0.29) is 18.2 Å². The van der Waals surface area contributed by atoms with Crippen molar-refractivity contribution < 1.29 is 18.0 Å². The molecule has 1 aliphatic carbocycles. The molecule has 0 radical (unpaired) electrons.